The standard InChI is InChI=1S/C21H31N3O4/c1-5-15-24-18(22-23-20(24)26)10-8-6-7-9-16-11-13-17(14-12-16)28-21(2,3)19(25)27-4/h11-14H,5-10,15H2,1-4H3,(H,23,26). The Labute approximate surface area is 166 Å². The van der Waals surface area contributed by atoms with Gasteiger partial charge in [-0.05, 0) is 57.2 Å². The van der Waals surface area contributed by atoms with E-state index in [1.54, 1.807) is 18.4 Å². The summed E-state index contributed by atoms with van der Waals surface area (Å²) >= 11 is 0. The first-order chi connectivity index (χ1) is 13.4. The molecule has 0 radical (unpaired) electrons. The van der Waals surface area contributed by atoms with Crippen LogP contribution in [0.2, 0.25) is 0 Å². The molecule has 0 saturated carbocycles. The second kappa shape index (κ2) is 10.1. The summed E-state index contributed by atoms with van der Waals surface area (Å²) in [6.07, 6.45) is 5.85. The number of nitrogens with one attached hydrogen (secondary N) is 1. The van der Waals surface area contributed by atoms with Crippen molar-refractivity contribution in [3.8, 4) is 5.75 Å². The third-order valence-electron chi connectivity index (χ3n) is 4.62. The fraction of sp³-hybridized carbons (Fsp3) is 0.571. The van der Waals surface area contributed by atoms with Crippen LogP contribution in [-0.2, 0) is 28.9 Å². The van der Waals surface area contributed by atoms with Gasteiger partial charge < -0.3 is 9.47 Å². The number of nitrogens with zero attached hydrogens (tertiary/aromatic N) is 2. The monoisotopic (exact) mass is 389 g/mol. The minimum Gasteiger partial charge on any atom is -0.476 e. The highest BCUT2D eigenvalue weighted by molar-refractivity contribution is 5.78. The molecular weight excluding hydrogens is 358 g/mol. The van der Waals surface area contributed by atoms with Gasteiger partial charge in [-0.15, -0.1) is 0 Å². The van der Waals surface area contributed by atoms with Gasteiger partial charge in [0.25, 0.3) is 0 Å². The van der Waals surface area contributed by atoms with Crippen molar-refractivity contribution >= 4 is 5.97 Å². The Balaban J connectivity index is 1.75. The molecule has 2 rings (SSSR count). The van der Waals surface area contributed by atoms with Gasteiger partial charge in [-0.25, -0.2) is 14.7 Å². The molecule has 1 N–H and O–H groups in total. The van der Waals surface area contributed by atoms with Gasteiger partial charge >= 0.3 is 11.7 Å². The molecule has 2 aromatic rings. The molecule has 0 amide bonds. The van der Waals surface area contributed by atoms with E-state index in [1.807, 2.05) is 24.3 Å². The predicted octanol–water partition coefficient (Wildman–Crippen LogP) is 3.27. The number of aryl methyl sites for hydroxylation is 2. The SMILES string of the molecule is CCCn1c(CCCCCc2ccc(OC(C)(C)C(=O)OC)cc2)n[nH]c1=O. The summed E-state index contributed by atoms with van der Waals surface area (Å²) in [4.78, 5) is 23.4. The Kier molecular flexibility index (Phi) is 7.84. The molecule has 1 aromatic carbocycles. The van der Waals surface area contributed by atoms with Crippen molar-refractivity contribution in [2.45, 2.75) is 71.4 Å². The Morgan fingerprint density at radius 2 is 1.82 bits per heavy atom. The van der Waals surface area contributed by atoms with Crippen LogP contribution in [0.1, 0.15) is 57.8 Å². The lowest BCUT2D eigenvalue weighted by atomic mass is 10.1. The Morgan fingerprint density at radius 3 is 2.46 bits per heavy atom. The quantitative estimate of drug-likeness (QED) is 0.471. The summed E-state index contributed by atoms with van der Waals surface area (Å²) in [6, 6.07) is 7.81. The van der Waals surface area contributed by atoms with Crippen LogP contribution < -0.4 is 10.4 Å². The first kappa shape index (κ1) is 21.7. The number of H-pyrrole nitrogens is 1. The topological polar surface area (TPSA) is 86.2 Å². The summed E-state index contributed by atoms with van der Waals surface area (Å²) < 4.78 is 12.2. The number of esters is 1. The highest BCUT2D eigenvalue weighted by atomic mass is 16.6. The van der Waals surface area contributed by atoms with Crippen LogP contribution in [0, 0.1) is 0 Å². The van der Waals surface area contributed by atoms with E-state index in [0.717, 1.165) is 44.3 Å². The molecule has 0 atom stereocenters. The van der Waals surface area contributed by atoms with E-state index in [9.17, 15) is 9.59 Å². The van der Waals surface area contributed by atoms with Gasteiger partial charge in [-0.1, -0.05) is 25.5 Å². The lowest BCUT2D eigenvalue weighted by Gasteiger charge is -2.23. The summed E-state index contributed by atoms with van der Waals surface area (Å²) in [7, 11) is 1.35. The lowest BCUT2D eigenvalue weighted by Crippen LogP contribution is -2.39. The zero-order valence-corrected chi connectivity index (χ0v) is 17.3. The zero-order valence-electron chi connectivity index (χ0n) is 17.3. The number of methoxy groups -OCH3 is 1. The third-order valence-corrected chi connectivity index (χ3v) is 4.62. The number of hydrogen-bond donors (Lipinski definition) is 1. The highest BCUT2D eigenvalue weighted by Crippen LogP contribution is 2.21. The third kappa shape index (κ3) is 5.97. The average molecular weight is 389 g/mol. The molecule has 0 bridgehead atoms. The summed E-state index contributed by atoms with van der Waals surface area (Å²) in [5, 5.41) is 6.66. The molecule has 7 nitrogen and oxygen atoms in total. The van der Waals surface area contributed by atoms with Crippen molar-refractivity contribution in [2.75, 3.05) is 7.11 Å². The molecule has 28 heavy (non-hydrogen) atoms. The minimum atomic E-state index is -1.01. The van der Waals surface area contributed by atoms with Gasteiger partial charge in [0.05, 0.1) is 7.11 Å². The fourth-order valence-electron chi connectivity index (χ4n) is 3.09. The van der Waals surface area contributed by atoms with Crippen LogP contribution in [0.15, 0.2) is 29.1 Å². The number of aromatic amines is 1. The fourth-order valence-corrected chi connectivity index (χ4v) is 3.09. The molecule has 7 heteroatoms. The number of rotatable bonds is 11. The Bertz CT molecular complexity index is 806. The van der Waals surface area contributed by atoms with Crippen molar-refractivity contribution in [3.05, 3.63) is 46.1 Å². The van der Waals surface area contributed by atoms with Crippen molar-refractivity contribution in [1.82, 2.24) is 14.8 Å². The molecule has 0 aliphatic carbocycles. The predicted molar refractivity (Wildman–Crippen MR) is 108 cm³/mol. The van der Waals surface area contributed by atoms with Crippen LogP contribution in [0.3, 0.4) is 0 Å². The van der Waals surface area contributed by atoms with Gasteiger partial charge in [-0.2, -0.15) is 5.10 Å². The van der Waals surface area contributed by atoms with Gasteiger partial charge in [0, 0.05) is 13.0 Å². The molecule has 0 aliphatic rings. The highest BCUT2D eigenvalue weighted by Gasteiger charge is 2.30. The second-order valence-electron chi connectivity index (χ2n) is 7.41. The molecule has 0 spiro atoms. The van der Waals surface area contributed by atoms with Gasteiger partial charge in [-0.3, -0.25) is 4.57 Å². The van der Waals surface area contributed by atoms with E-state index in [-0.39, 0.29) is 5.69 Å². The van der Waals surface area contributed by atoms with E-state index < -0.39 is 11.6 Å². The lowest BCUT2D eigenvalue weighted by molar-refractivity contribution is -0.156. The molecular formula is C21H31N3O4. The van der Waals surface area contributed by atoms with E-state index in [4.69, 9.17) is 9.47 Å². The summed E-state index contributed by atoms with van der Waals surface area (Å²) in [5.74, 6) is 1.09. The Hall–Kier alpha value is -2.57. The molecule has 1 aromatic heterocycles. The van der Waals surface area contributed by atoms with Crippen molar-refractivity contribution in [3.63, 3.8) is 0 Å². The van der Waals surface area contributed by atoms with Gasteiger partial charge in [0.2, 0.25) is 0 Å². The van der Waals surface area contributed by atoms with Crippen LogP contribution in [-0.4, -0.2) is 33.4 Å². The van der Waals surface area contributed by atoms with Crippen molar-refractivity contribution < 1.29 is 14.3 Å². The second-order valence-corrected chi connectivity index (χ2v) is 7.41. The molecule has 0 aliphatic heterocycles. The van der Waals surface area contributed by atoms with Crippen LogP contribution >= 0.6 is 0 Å². The Morgan fingerprint density at radius 1 is 1.14 bits per heavy atom. The van der Waals surface area contributed by atoms with Gasteiger partial charge in [0.1, 0.15) is 11.6 Å². The van der Waals surface area contributed by atoms with Gasteiger partial charge in [0.15, 0.2) is 5.60 Å². The summed E-state index contributed by atoms with van der Waals surface area (Å²) in [6.45, 7) is 6.14. The molecule has 154 valence electrons. The number of aromatic nitrogens is 3. The van der Waals surface area contributed by atoms with Crippen LogP contribution in [0.4, 0.5) is 0 Å². The number of carbonyl (C=O) groups excluding carboxylic acids is 1. The first-order valence-corrected chi connectivity index (χ1v) is 9.88. The number of unbranched alkanes of at least 4 members (excludes halogenated alkanes) is 2. The smallest absolute Gasteiger partial charge is 0.349 e. The average Bonchev–Trinajstić information content (AvgIpc) is 3.02. The maximum Gasteiger partial charge on any atom is 0.349 e. The normalized spacial score (nSPS) is 11.4. The summed E-state index contributed by atoms with van der Waals surface area (Å²) in [5.41, 5.74) is 0.0987. The zero-order chi connectivity index (χ0) is 20.6. The molecule has 1 heterocycles. The molecule has 0 unspecified atom stereocenters. The van der Waals surface area contributed by atoms with E-state index in [1.165, 1.54) is 12.7 Å². The minimum absolute atomic E-state index is 0.116. The maximum absolute atomic E-state index is 11.7. The van der Waals surface area contributed by atoms with Crippen molar-refractivity contribution in [2.24, 2.45) is 0 Å². The van der Waals surface area contributed by atoms with E-state index in [0.29, 0.717) is 12.3 Å². The first-order valence-electron chi connectivity index (χ1n) is 9.88. The van der Waals surface area contributed by atoms with Crippen LogP contribution in [0.5, 0.6) is 5.75 Å². The number of carbonyl (C=O) groups is 1. The molecule has 0 fully saturated rings. The maximum atomic E-state index is 11.7. The van der Waals surface area contributed by atoms with E-state index in [2.05, 4.69) is 17.1 Å². The molecule has 0 saturated heterocycles. The number of ether oxygens (including phenoxy) is 2. The number of hydrogen-bond acceptors (Lipinski definition) is 5. The number of benzene rings is 1. The largest absolute Gasteiger partial charge is 0.476 e. The van der Waals surface area contributed by atoms with Crippen molar-refractivity contribution in [1.29, 1.82) is 0 Å². The van der Waals surface area contributed by atoms with Crippen LogP contribution in [0.25, 0.3) is 0 Å². The van der Waals surface area contributed by atoms with E-state index >= 15 is 0 Å².